The number of benzene rings is 1. The van der Waals surface area contributed by atoms with Crippen LogP contribution in [-0.2, 0) is 11.3 Å². The minimum atomic E-state index is -0.0435. The number of carbonyl (C=O) groups excluding carboxylic acids is 1. The Hall–Kier alpha value is -2.87. The number of carbonyl (C=O) groups is 1. The number of rotatable bonds is 2. The van der Waals surface area contributed by atoms with Crippen molar-refractivity contribution in [2.24, 2.45) is 5.10 Å². The molecule has 2 aliphatic heterocycles. The van der Waals surface area contributed by atoms with E-state index in [0.29, 0.717) is 18.7 Å². The van der Waals surface area contributed by atoms with E-state index in [-0.39, 0.29) is 5.91 Å². The molecule has 2 heterocycles. The Morgan fingerprint density at radius 2 is 2.05 bits per heavy atom. The highest BCUT2D eigenvalue weighted by Gasteiger charge is 2.24. The minimum Gasteiger partial charge on any atom is -0.322 e. The SMILES string of the molecule is N#Cc1ccc(CN2N=C3C=CC=CN3CC2=O)cc1. The zero-order chi connectivity index (χ0) is 13.9. The molecule has 0 N–H and O–H groups in total. The van der Waals surface area contributed by atoms with Gasteiger partial charge in [0.2, 0.25) is 0 Å². The zero-order valence-corrected chi connectivity index (χ0v) is 10.7. The van der Waals surface area contributed by atoms with Gasteiger partial charge in [0.15, 0.2) is 5.84 Å². The molecule has 0 atom stereocenters. The molecular weight excluding hydrogens is 252 g/mol. The van der Waals surface area contributed by atoms with Gasteiger partial charge in [-0.2, -0.15) is 10.4 Å². The van der Waals surface area contributed by atoms with Crippen LogP contribution in [0.3, 0.4) is 0 Å². The lowest BCUT2D eigenvalue weighted by Gasteiger charge is -2.31. The Bertz CT molecular complexity index is 664. The van der Waals surface area contributed by atoms with Gasteiger partial charge in [0.05, 0.1) is 18.2 Å². The highest BCUT2D eigenvalue weighted by molar-refractivity contribution is 6.00. The van der Waals surface area contributed by atoms with E-state index in [2.05, 4.69) is 11.2 Å². The molecule has 0 saturated heterocycles. The second kappa shape index (κ2) is 5.02. The molecule has 20 heavy (non-hydrogen) atoms. The van der Waals surface area contributed by atoms with Gasteiger partial charge in [0, 0.05) is 6.20 Å². The summed E-state index contributed by atoms with van der Waals surface area (Å²) in [6.07, 6.45) is 7.49. The second-order valence-corrected chi connectivity index (χ2v) is 4.55. The van der Waals surface area contributed by atoms with Crippen LogP contribution in [0, 0.1) is 11.3 Å². The maximum Gasteiger partial charge on any atom is 0.263 e. The van der Waals surface area contributed by atoms with E-state index in [0.717, 1.165) is 11.4 Å². The van der Waals surface area contributed by atoms with Crippen molar-refractivity contribution in [3.05, 3.63) is 59.8 Å². The third kappa shape index (κ3) is 2.31. The standard InChI is InChI=1S/C15H12N4O/c16-9-12-4-6-13(7-5-12)10-19-15(20)11-18-8-2-1-3-14(18)17-19/h1-8H,10-11H2. The van der Waals surface area contributed by atoms with Crippen LogP contribution < -0.4 is 0 Å². The summed E-state index contributed by atoms with van der Waals surface area (Å²) in [4.78, 5) is 13.9. The first-order chi connectivity index (χ1) is 9.76. The molecule has 0 radical (unpaired) electrons. The number of nitriles is 1. The van der Waals surface area contributed by atoms with Crippen molar-refractivity contribution in [3.63, 3.8) is 0 Å². The maximum atomic E-state index is 12.0. The van der Waals surface area contributed by atoms with Gasteiger partial charge in [-0.05, 0) is 29.8 Å². The molecule has 0 aliphatic carbocycles. The molecule has 0 saturated carbocycles. The molecular formula is C15H12N4O. The molecule has 1 aromatic rings. The number of allylic oxidation sites excluding steroid dienone is 2. The van der Waals surface area contributed by atoms with E-state index < -0.39 is 0 Å². The summed E-state index contributed by atoms with van der Waals surface area (Å²) in [5, 5.41) is 14.6. The number of hydrazone groups is 1. The summed E-state index contributed by atoms with van der Waals surface area (Å²) in [6.45, 7) is 0.718. The van der Waals surface area contributed by atoms with Crippen molar-refractivity contribution in [2.75, 3.05) is 6.54 Å². The van der Waals surface area contributed by atoms with Crippen molar-refractivity contribution < 1.29 is 4.79 Å². The van der Waals surface area contributed by atoms with Gasteiger partial charge in [-0.25, -0.2) is 5.01 Å². The van der Waals surface area contributed by atoms with Crippen LogP contribution in [0.15, 0.2) is 53.8 Å². The molecule has 1 amide bonds. The quantitative estimate of drug-likeness (QED) is 0.815. The molecule has 0 bridgehead atoms. The number of hydrogen-bond acceptors (Lipinski definition) is 4. The Morgan fingerprint density at radius 1 is 1.25 bits per heavy atom. The number of fused-ring (bicyclic) bond motifs is 1. The molecule has 0 aromatic heterocycles. The van der Waals surface area contributed by atoms with Gasteiger partial charge in [0.1, 0.15) is 6.54 Å². The van der Waals surface area contributed by atoms with E-state index in [4.69, 9.17) is 5.26 Å². The highest BCUT2D eigenvalue weighted by Crippen LogP contribution is 2.14. The van der Waals surface area contributed by atoms with Crippen molar-refractivity contribution in [3.8, 4) is 6.07 Å². The summed E-state index contributed by atoms with van der Waals surface area (Å²) in [5.74, 6) is 0.721. The topological polar surface area (TPSA) is 59.7 Å². The summed E-state index contributed by atoms with van der Waals surface area (Å²) >= 11 is 0. The number of amides is 1. The third-order valence-corrected chi connectivity index (χ3v) is 3.15. The van der Waals surface area contributed by atoms with Crippen LogP contribution >= 0.6 is 0 Å². The second-order valence-electron chi connectivity index (χ2n) is 4.55. The molecule has 5 nitrogen and oxygen atoms in total. The number of hydrogen-bond donors (Lipinski definition) is 0. The smallest absolute Gasteiger partial charge is 0.263 e. The van der Waals surface area contributed by atoms with E-state index >= 15 is 0 Å². The van der Waals surface area contributed by atoms with Gasteiger partial charge in [-0.1, -0.05) is 18.2 Å². The summed E-state index contributed by atoms with van der Waals surface area (Å²) in [7, 11) is 0. The average Bonchev–Trinajstić information content (AvgIpc) is 2.49. The fourth-order valence-electron chi connectivity index (χ4n) is 2.08. The van der Waals surface area contributed by atoms with Crippen LogP contribution in [0.25, 0.3) is 0 Å². The van der Waals surface area contributed by atoms with Gasteiger partial charge >= 0.3 is 0 Å². The molecule has 0 fully saturated rings. The lowest BCUT2D eigenvalue weighted by Crippen LogP contribution is -2.44. The first-order valence-corrected chi connectivity index (χ1v) is 6.26. The van der Waals surface area contributed by atoms with Crippen molar-refractivity contribution in [1.29, 1.82) is 5.26 Å². The van der Waals surface area contributed by atoms with Gasteiger partial charge in [-0.15, -0.1) is 0 Å². The fraction of sp³-hybridized carbons (Fsp3) is 0.133. The molecule has 3 rings (SSSR count). The number of amidine groups is 1. The lowest BCUT2D eigenvalue weighted by molar-refractivity contribution is -0.132. The predicted octanol–water partition coefficient (Wildman–Crippen LogP) is 1.60. The first-order valence-electron chi connectivity index (χ1n) is 6.26. The largest absolute Gasteiger partial charge is 0.322 e. The highest BCUT2D eigenvalue weighted by atomic mass is 16.2. The Morgan fingerprint density at radius 3 is 2.80 bits per heavy atom. The summed E-state index contributed by atoms with van der Waals surface area (Å²) < 4.78 is 0. The molecule has 5 heteroatoms. The van der Waals surface area contributed by atoms with Crippen molar-refractivity contribution >= 4 is 11.7 Å². The molecule has 1 aromatic carbocycles. The average molecular weight is 264 g/mol. The van der Waals surface area contributed by atoms with Crippen molar-refractivity contribution in [1.82, 2.24) is 9.91 Å². The number of nitrogens with zero attached hydrogens (tertiary/aromatic N) is 4. The molecule has 98 valence electrons. The van der Waals surface area contributed by atoms with E-state index in [9.17, 15) is 4.79 Å². The van der Waals surface area contributed by atoms with Crippen LogP contribution in [0.4, 0.5) is 0 Å². The van der Waals surface area contributed by atoms with Crippen LogP contribution in [0.5, 0.6) is 0 Å². The van der Waals surface area contributed by atoms with E-state index in [1.807, 2.05) is 41.5 Å². The van der Waals surface area contributed by atoms with Crippen LogP contribution in [0.1, 0.15) is 11.1 Å². The maximum absolute atomic E-state index is 12.0. The Kier molecular flexibility index (Phi) is 3.05. The Balaban J connectivity index is 1.80. The predicted molar refractivity (Wildman–Crippen MR) is 74.1 cm³/mol. The molecule has 2 aliphatic rings. The van der Waals surface area contributed by atoms with Gasteiger partial charge < -0.3 is 4.90 Å². The van der Waals surface area contributed by atoms with Crippen molar-refractivity contribution in [2.45, 2.75) is 6.54 Å². The van der Waals surface area contributed by atoms with Gasteiger partial charge in [-0.3, -0.25) is 4.79 Å². The molecule has 0 spiro atoms. The third-order valence-electron chi connectivity index (χ3n) is 3.15. The van der Waals surface area contributed by atoms with Gasteiger partial charge in [0.25, 0.3) is 5.91 Å². The first kappa shape index (κ1) is 12.2. The summed E-state index contributed by atoms with van der Waals surface area (Å²) in [6, 6.07) is 9.24. The Labute approximate surface area is 116 Å². The van der Waals surface area contributed by atoms with E-state index in [1.165, 1.54) is 5.01 Å². The van der Waals surface area contributed by atoms with Crippen LogP contribution in [0.2, 0.25) is 0 Å². The lowest BCUT2D eigenvalue weighted by atomic mass is 10.1. The van der Waals surface area contributed by atoms with Crippen LogP contribution in [-0.4, -0.2) is 28.2 Å². The normalized spacial score (nSPS) is 16.8. The van der Waals surface area contributed by atoms with E-state index in [1.54, 1.807) is 12.1 Å². The summed E-state index contributed by atoms with van der Waals surface area (Å²) in [5.41, 5.74) is 1.56. The minimum absolute atomic E-state index is 0.0435. The zero-order valence-electron chi connectivity index (χ0n) is 10.7. The fourth-order valence-corrected chi connectivity index (χ4v) is 2.08. The molecule has 0 unspecified atom stereocenters. The monoisotopic (exact) mass is 264 g/mol.